The number of hydrogen-bond donors (Lipinski definition) is 2. The molecule has 3 N–H and O–H groups in total. The monoisotopic (exact) mass is 284 g/mol. The molecule has 2 heterocycles. The Hall–Kier alpha value is -1.95. The highest BCUT2D eigenvalue weighted by Gasteiger charge is 2.18. The predicted molar refractivity (Wildman–Crippen MR) is 81.8 cm³/mol. The summed E-state index contributed by atoms with van der Waals surface area (Å²) < 4.78 is 1.86. The highest BCUT2D eigenvalue weighted by Crippen LogP contribution is 2.28. The Balaban J connectivity index is 1.95. The van der Waals surface area contributed by atoms with E-state index in [0.717, 1.165) is 11.4 Å². The Morgan fingerprint density at radius 1 is 1.20 bits per heavy atom. The maximum absolute atomic E-state index is 5.72. The van der Waals surface area contributed by atoms with Crippen LogP contribution in [0.5, 0.6) is 0 Å². The first-order chi connectivity index (χ1) is 9.79. The van der Waals surface area contributed by atoms with Crippen molar-refractivity contribution in [3.8, 4) is 5.69 Å². The van der Waals surface area contributed by atoms with Crippen LogP contribution in [0.1, 0.15) is 22.2 Å². The van der Waals surface area contributed by atoms with E-state index in [9.17, 15) is 0 Å². The smallest absolute Gasteiger partial charge is 0.0994 e. The van der Waals surface area contributed by atoms with Crippen LogP contribution in [0.4, 0.5) is 0 Å². The predicted octanol–water partition coefficient (Wildman–Crippen LogP) is 2.79. The molecule has 0 radical (unpaired) electrons. The van der Waals surface area contributed by atoms with Gasteiger partial charge in [0.05, 0.1) is 17.4 Å². The zero-order valence-corrected chi connectivity index (χ0v) is 12.0. The van der Waals surface area contributed by atoms with Crippen LogP contribution in [0.3, 0.4) is 0 Å². The molecule has 0 bridgehead atoms. The van der Waals surface area contributed by atoms with Gasteiger partial charge >= 0.3 is 0 Å². The van der Waals surface area contributed by atoms with E-state index in [2.05, 4.69) is 28.9 Å². The first kappa shape index (κ1) is 13.1. The normalized spacial score (nSPS) is 12.5. The Bertz CT molecular complexity index is 687. The molecule has 4 nitrogen and oxygen atoms in total. The fourth-order valence-corrected chi connectivity index (χ4v) is 3.19. The topological polar surface area (TPSA) is 55.9 Å². The molecular weight excluding hydrogens is 268 g/mol. The second-order valence-corrected chi connectivity index (χ2v) is 5.54. The minimum absolute atomic E-state index is 0.0695. The van der Waals surface area contributed by atoms with E-state index >= 15 is 0 Å². The molecule has 3 rings (SSSR count). The van der Waals surface area contributed by atoms with Gasteiger partial charge in [0.1, 0.15) is 0 Å². The van der Waals surface area contributed by atoms with Crippen molar-refractivity contribution in [1.82, 2.24) is 15.2 Å². The van der Waals surface area contributed by atoms with Crippen LogP contribution in [-0.4, -0.2) is 9.78 Å². The first-order valence-corrected chi connectivity index (χ1v) is 7.28. The van der Waals surface area contributed by atoms with Gasteiger partial charge in [-0.05, 0) is 42.1 Å². The third kappa shape index (κ3) is 2.38. The number of nitrogens with zero attached hydrogens (tertiary/aromatic N) is 2. The summed E-state index contributed by atoms with van der Waals surface area (Å²) in [5, 5.41) is 6.70. The number of hydrogen-bond acceptors (Lipinski definition) is 4. The lowest BCUT2D eigenvalue weighted by Gasteiger charge is -2.13. The molecule has 102 valence electrons. The third-order valence-electron chi connectivity index (χ3n) is 3.26. The largest absolute Gasteiger partial charge is 0.270 e. The van der Waals surface area contributed by atoms with Gasteiger partial charge in [0.25, 0.3) is 0 Å². The van der Waals surface area contributed by atoms with Gasteiger partial charge in [-0.2, -0.15) is 5.10 Å². The van der Waals surface area contributed by atoms with Crippen LogP contribution in [0, 0.1) is 6.92 Å². The highest BCUT2D eigenvalue weighted by atomic mass is 32.1. The van der Waals surface area contributed by atoms with Gasteiger partial charge in [0.2, 0.25) is 0 Å². The van der Waals surface area contributed by atoms with E-state index in [1.807, 2.05) is 47.3 Å². The van der Waals surface area contributed by atoms with E-state index in [4.69, 9.17) is 5.84 Å². The zero-order chi connectivity index (χ0) is 13.9. The Labute approximate surface area is 121 Å². The van der Waals surface area contributed by atoms with E-state index in [0.29, 0.717) is 0 Å². The summed E-state index contributed by atoms with van der Waals surface area (Å²) >= 11 is 1.69. The molecule has 20 heavy (non-hydrogen) atoms. The molecule has 5 heteroatoms. The summed E-state index contributed by atoms with van der Waals surface area (Å²) in [7, 11) is 0. The number of nitrogens with one attached hydrogen (secondary N) is 1. The molecule has 0 spiro atoms. The van der Waals surface area contributed by atoms with E-state index < -0.39 is 0 Å². The van der Waals surface area contributed by atoms with Crippen molar-refractivity contribution in [2.45, 2.75) is 13.0 Å². The number of para-hydroxylation sites is 1. The van der Waals surface area contributed by atoms with E-state index in [-0.39, 0.29) is 6.04 Å². The van der Waals surface area contributed by atoms with Crippen molar-refractivity contribution in [3.05, 3.63) is 70.2 Å². The number of aryl methyl sites for hydroxylation is 1. The summed E-state index contributed by atoms with van der Waals surface area (Å²) in [5.41, 5.74) is 6.05. The van der Waals surface area contributed by atoms with Crippen molar-refractivity contribution >= 4 is 11.3 Å². The molecule has 1 atom stereocenters. The molecule has 0 aliphatic rings. The molecule has 1 unspecified atom stereocenters. The fraction of sp³-hybridized carbons (Fsp3) is 0.133. The van der Waals surface area contributed by atoms with Gasteiger partial charge in [-0.25, -0.2) is 10.1 Å². The summed E-state index contributed by atoms with van der Waals surface area (Å²) in [6, 6.07) is 14.1. The van der Waals surface area contributed by atoms with Gasteiger partial charge in [-0.15, -0.1) is 11.3 Å². The molecule has 1 aromatic carbocycles. The molecule has 0 saturated carbocycles. The van der Waals surface area contributed by atoms with Gasteiger partial charge in [-0.1, -0.05) is 18.2 Å². The quantitative estimate of drug-likeness (QED) is 0.572. The van der Waals surface area contributed by atoms with Crippen LogP contribution in [0.15, 0.2) is 54.0 Å². The second kappa shape index (κ2) is 5.58. The minimum atomic E-state index is -0.0695. The summed E-state index contributed by atoms with van der Waals surface area (Å²) in [4.78, 5) is 1.20. The molecule has 0 amide bonds. The molecule has 2 aromatic heterocycles. The maximum atomic E-state index is 5.72. The number of rotatable bonds is 4. The molecule has 0 saturated heterocycles. The lowest BCUT2D eigenvalue weighted by Crippen LogP contribution is -2.29. The van der Waals surface area contributed by atoms with Gasteiger partial charge in [0, 0.05) is 11.1 Å². The van der Waals surface area contributed by atoms with Crippen LogP contribution >= 0.6 is 11.3 Å². The average Bonchev–Trinajstić information content (AvgIpc) is 3.12. The third-order valence-corrected chi connectivity index (χ3v) is 4.34. The summed E-state index contributed by atoms with van der Waals surface area (Å²) in [6.07, 6.45) is 1.96. The molecule has 0 aliphatic heterocycles. The standard InChI is InChI=1S/C15H16N4S/c1-11-8-10-20-15(11)14(17-16)13-7-9-19(18-13)12-5-3-2-4-6-12/h2-10,14,17H,16H2,1H3. The van der Waals surface area contributed by atoms with Crippen molar-refractivity contribution in [2.24, 2.45) is 5.84 Å². The fourth-order valence-electron chi connectivity index (χ4n) is 2.19. The van der Waals surface area contributed by atoms with Crippen molar-refractivity contribution in [2.75, 3.05) is 0 Å². The molecule has 0 fully saturated rings. The van der Waals surface area contributed by atoms with Crippen molar-refractivity contribution in [3.63, 3.8) is 0 Å². The molecule has 3 aromatic rings. The summed E-state index contributed by atoms with van der Waals surface area (Å²) in [6.45, 7) is 2.09. The van der Waals surface area contributed by atoms with Crippen molar-refractivity contribution in [1.29, 1.82) is 0 Å². The molecule has 0 aliphatic carbocycles. The van der Waals surface area contributed by atoms with Crippen molar-refractivity contribution < 1.29 is 0 Å². The Morgan fingerprint density at radius 3 is 2.65 bits per heavy atom. The van der Waals surface area contributed by atoms with Crippen LogP contribution in [-0.2, 0) is 0 Å². The Kier molecular flexibility index (Phi) is 3.64. The maximum Gasteiger partial charge on any atom is 0.0994 e. The van der Waals surface area contributed by atoms with Crippen LogP contribution in [0.25, 0.3) is 5.69 Å². The average molecular weight is 284 g/mol. The number of aromatic nitrogens is 2. The first-order valence-electron chi connectivity index (χ1n) is 6.40. The highest BCUT2D eigenvalue weighted by molar-refractivity contribution is 7.10. The summed E-state index contributed by atoms with van der Waals surface area (Å²) in [5.74, 6) is 5.72. The van der Waals surface area contributed by atoms with Crippen LogP contribution in [0.2, 0.25) is 0 Å². The van der Waals surface area contributed by atoms with Gasteiger partial charge in [0.15, 0.2) is 0 Å². The van der Waals surface area contributed by atoms with E-state index in [1.165, 1.54) is 10.4 Å². The number of benzene rings is 1. The lowest BCUT2D eigenvalue weighted by atomic mass is 10.1. The second-order valence-electron chi connectivity index (χ2n) is 4.59. The SMILES string of the molecule is Cc1ccsc1C(NN)c1ccn(-c2ccccc2)n1. The Morgan fingerprint density at radius 2 is 2.00 bits per heavy atom. The van der Waals surface area contributed by atoms with Gasteiger partial charge < -0.3 is 0 Å². The van der Waals surface area contributed by atoms with Crippen LogP contribution < -0.4 is 11.3 Å². The number of nitrogens with two attached hydrogens (primary N) is 1. The molecular formula is C15H16N4S. The zero-order valence-electron chi connectivity index (χ0n) is 11.2. The minimum Gasteiger partial charge on any atom is -0.270 e. The number of hydrazine groups is 1. The van der Waals surface area contributed by atoms with E-state index in [1.54, 1.807) is 11.3 Å². The lowest BCUT2D eigenvalue weighted by molar-refractivity contribution is 0.618. The number of thiophene rings is 1. The van der Waals surface area contributed by atoms with Gasteiger partial charge in [-0.3, -0.25) is 5.84 Å².